The lowest BCUT2D eigenvalue weighted by molar-refractivity contribution is -0.402. The Morgan fingerprint density at radius 3 is 2.59 bits per heavy atom. The molecule has 2 fully saturated rings. The van der Waals surface area contributed by atoms with Crippen LogP contribution in [0.25, 0.3) is 0 Å². The van der Waals surface area contributed by atoms with Crippen molar-refractivity contribution in [3.63, 3.8) is 0 Å². The summed E-state index contributed by atoms with van der Waals surface area (Å²) in [5.41, 5.74) is 5.96. The first-order valence-electron chi connectivity index (χ1n) is 8.80. The van der Waals surface area contributed by atoms with Crippen LogP contribution in [-0.4, -0.2) is 58.3 Å². The maximum absolute atomic E-state index is 13.0. The SMILES string of the molecule is CC1(C)CN(C(=O)C2CCCN2C(=O)c2ccc([N+](=O)[O-])o2)CCC1N.Cl. The summed E-state index contributed by atoms with van der Waals surface area (Å²) < 4.78 is 5.01. The van der Waals surface area contributed by atoms with Crippen molar-refractivity contribution in [3.05, 3.63) is 28.0 Å². The minimum absolute atomic E-state index is 0. The number of hydrogen-bond acceptors (Lipinski definition) is 6. The van der Waals surface area contributed by atoms with Gasteiger partial charge in [0.15, 0.2) is 5.76 Å². The van der Waals surface area contributed by atoms with Gasteiger partial charge in [-0.3, -0.25) is 19.7 Å². The smallest absolute Gasteiger partial charge is 0.395 e. The Morgan fingerprint density at radius 1 is 1.30 bits per heavy atom. The van der Waals surface area contributed by atoms with Gasteiger partial charge in [-0.1, -0.05) is 13.8 Å². The third-order valence-corrected chi connectivity index (χ3v) is 5.41. The third-order valence-electron chi connectivity index (χ3n) is 5.41. The van der Waals surface area contributed by atoms with Gasteiger partial charge in [0, 0.05) is 25.7 Å². The molecule has 2 aliphatic heterocycles. The Labute approximate surface area is 163 Å². The number of nitrogens with two attached hydrogens (primary N) is 1. The van der Waals surface area contributed by atoms with Crippen molar-refractivity contribution in [2.75, 3.05) is 19.6 Å². The number of nitrogens with zero attached hydrogens (tertiary/aromatic N) is 3. The number of hydrogen-bond donors (Lipinski definition) is 1. The second-order valence-corrected chi connectivity index (χ2v) is 7.70. The molecule has 2 saturated heterocycles. The summed E-state index contributed by atoms with van der Waals surface area (Å²) in [6.07, 6.45) is 2.02. The van der Waals surface area contributed by atoms with Gasteiger partial charge >= 0.3 is 5.88 Å². The van der Waals surface area contributed by atoms with E-state index in [1.54, 1.807) is 4.90 Å². The molecule has 2 aliphatic rings. The van der Waals surface area contributed by atoms with Gasteiger partial charge in [0.2, 0.25) is 5.91 Å². The molecule has 150 valence electrons. The van der Waals surface area contributed by atoms with Crippen molar-refractivity contribution in [2.45, 2.75) is 45.2 Å². The second kappa shape index (κ2) is 7.85. The van der Waals surface area contributed by atoms with Crippen molar-refractivity contribution in [3.8, 4) is 0 Å². The van der Waals surface area contributed by atoms with E-state index in [9.17, 15) is 19.7 Å². The van der Waals surface area contributed by atoms with E-state index >= 15 is 0 Å². The Hall–Kier alpha value is -2.13. The molecule has 1 aromatic heterocycles. The summed E-state index contributed by atoms with van der Waals surface area (Å²) in [6.45, 7) is 5.64. The molecular formula is C17H25ClN4O5. The highest BCUT2D eigenvalue weighted by Crippen LogP contribution is 2.30. The molecule has 2 atom stereocenters. The lowest BCUT2D eigenvalue weighted by Crippen LogP contribution is -2.57. The Morgan fingerprint density at radius 2 is 2.00 bits per heavy atom. The number of furan rings is 1. The van der Waals surface area contributed by atoms with Gasteiger partial charge in [-0.25, -0.2) is 0 Å². The zero-order valence-corrected chi connectivity index (χ0v) is 16.2. The predicted octanol–water partition coefficient (Wildman–Crippen LogP) is 1.80. The highest BCUT2D eigenvalue weighted by molar-refractivity contribution is 5.96. The molecule has 2 N–H and O–H groups in total. The van der Waals surface area contributed by atoms with Crippen LogP contribution in [0.1, 0.15) is 43.7 Å². The molecule has 2 amide bonds. The van der Waals surface area contributed by atoms with Gasteiger partial charge in [-0.15, -0.1) is 12.4 Å². The summed E-state index contributed by atoms with van der Waals surface area (Å²) in [5, 5.41) is 10.7. The van der Waals surface area contributed by atoms with Crippen LogP contribution in [0, 0.1) is 15.5 Å². The Kier molecular flexibility index (Phi) is 6.16. The number of halogens is 1. The molecule has 1 aromatic rings. The van der Waals surface area contributed by atoms with Crippen LogP contribution in [0.4, 0.5) is 5.88 Å². The van der Waals surface area contributed by atoms with Gasteiger partial charge in [-0.05, 0) is 30.7 Å². The highest BCUT2D eigenvalue weighted by Gasteiger charge is 2.42. The molecule has 3 heterocycles. The van der Waals surface area contributed by atoms with Crippen LogP contribution in [-0.2, 0) is 4.79 Å². The number of carbonyl (C=O) groups excluding carboxylic acids is 2. The topological polar surface area (TPSA) is 123 Å². The summed E-state index contributed by atoms with van der Waals surface area (Å²) >= 11 is 0. The second-order valence-electron chi connectivity index (χ2n) is 7.70. The van der Waals surface area contributed by atoms with Gasteiger partial charge in [0.25, 0.3) is 5.91 Å². The standard InChI is InChI=1S/C17H24N4O5.ClH/c1-17(2)10-19(9-7-13(17)18)15(22)11-4-3-8-20(11)16(23)12-5-6-14(26-12)21(24)25;/h5-6,11,13H,3-4,7-10,18H2,1-2H3;1H. The Balaban J connectivity index is 0.00000261. The first-order chi connectivity index (χ1) is 12.2. The number of likely N-dealkylation sites (tertiary alicyclic amines) is 2. The fourth-order valence-corrected chi connectivity index (χ4v) is 3.72. The van der Waals surface area contributed by atoms with Crippen molar-refractivity contribution in [1.82, 2.24) is 9.80 Å². The molecule has 0 aliphatic carbocycles. The molecular weight excluding hydrogens is 376 g/mol. The maximum Gasteiger partial charge on any atom is 0.433 e. The Bertz CT molecular complexity index is 735. The lowest BCUT2D eigenvalue weighted by Gasteiger charge is -2.43. The molecule has 9 nitrogen and oxygen atoms in total. The molecule has 27 heavy (non-hydrogen) atoms. The third kappa shape index (κ3) is 4.08. The van der Waals surface area contributed by atoms with Crippen molar-refractivity contribution >= 4 is 30.1 Å². The average Bonchev–Trinajstić information content (AvgIpc) is 3.25. The van der Waals surface area contributed by atoms with E-state index in [2.05, 4.69) is 0 Å². The number of piperidine rings is 1. The molecule has 3 rings (SSSR count). The monoisotopic (exact) mass is 400 g/mol. The van der Waals surface area contributed by atoms with Crippen LogP contribution < -0.4 is 5.73 Å². The zero-order chi connectivity index (χ0) is 19.1. The number of nitro groups is 1. The minimum Gasteiger partial charge on any atom is -0.395 e. The number of amides is 2. The van der Waals surface area contributed by atoms with Gasteiger partial charge in [0.05, 0.1) is 6.07 Å². The van der Waals surface area contributed by atoms with Crippen LogP contribution in [0.2, 0.25) is 0 Å². The van der Waals surface area contributed by atoms with E-state index in [0.29, 0.717) is 32.5 Å². The van der Waals surface area contributed by atoms with Gasteiger partial charge in [0.1, 0.15) is 11.0 Å². The summed E-state index contributed by atoms with van der Waals surface area (Å²) in [6, 6.07) is 1.91. The molecule has 0 saturated carbocycles. The van der Waals surface area contributed by atoms with E-state index in [-0.39, 0.29) is 35.5 Å². The van der Waals surface area contributed by atoms with Crippen LogP contribution in [0.5, 0.6) is 0 Å². The van der Waals surface area contributed by atoms with Crippen molar-refractivity contribution in [1.29, 1.82) is 0 Å². The summed E-state index contributed by atoms with van der Waals surface area (Å²) in [4.78, 5) is 39.0. The molecule has 0 radical (unpaired) electrons. The van der Waals surface area contributed by atoms with Crippen LogP contribution in [0.15, 0.2) is 16.5 Å². The number of carbonyl (C=O) groups is 2. The van der Waals surface area contributed by atoms with Crippen molar-refractivity contribution < 1.29 is 18.9 Å². The van der Waals surface area contributed by atoms with Gasteiger partial charge < -0.3 is 20.0 Å². The molecule has 10 heteroatoms. The van der Waals surface area contributed by atoms with E-state index in [1.807, 2.05) is 13.8 Å². The van der Waals surface area contributed by atoms with E-state index in [1.165, 1.54) is 11.0 Å². The maximum atomic E-state index is 13.0. The fourth-order valence-electron chi connectivity index (χ4n) is 3.72. The van der Waals surface area contributed by atoms with E-state index in [4.69, 9.17) is 10.2 Å². The zero-order valence-electron chi connectivity index (χ0n) is 15.4. The van der Waals surface area contributed by atoms with E-state index < -0.39 is 22.8 Å². The van der Waals surface area contributed by atoms with Crippen LogP contribution >= 0.6 is 12.4 Å². The lowest BCUT2D eigenvalue weighted by atomic mass is 9.79. The minimum atomic E-state index is -0.692. The summed E-state index contributed by atoms with van der Waals surface area (Å²) in [7, 11) is 0. The average molecular weight is 401 g/mol. The van der Waals surface area contributed by atoms with E-state index in [0.717, 1.165) is 12.5 Å². The first kappa shape index (κ1) is 21.2. The van der Waals surface area contributed by atoms with Gasteiger partial charge in [-0.2, -0.15) is 0 Å². The number of rotatable bonds is 3. The molecule has 0 bridgehead atoms. The molecule has 0 aromatic carbocycles. The molecule has 2 unspecified atom stereocenters. The molecule has 0 spiro atoms. The predicted molar refractivity (Wildman–Crippen MR) is 99.6 cm³/mol. The summed E-state index contributed by atoms with van der Waals surface area (Å²) in [5.74, 6) is -1.17. The van der Waals surface area contributed by atoms with Crippen molar-refractivity contribution in [2.24, 2.45) is 11.1 Å². The van der Waals surface area contributed by atoms with Crippen LogP contribution in [0.3, 0.4) is 0 Å². The first-order valence-corrected chi connectivity index (χ1v) is 8.80. The largest absolute Gasteiger partial charge is 0.433 e. The highest BCUT2D eigenvalue weighted by atomic mass is 35.5. The normalized spacial score (nSPS) is 24.4. The fraction of sp³-hybridized carbons (Fsp3) is 0.647. The quantitative estimate of drug-likeness (QED) is 0.609.